The number of unbranched alkanes of at least 4 members (excludes halogenated alkanes) is 1. The molecule has 0 aliphatic rings. The molecule has 0 fully saturated rings. The molecule has 0 bridgehead atoms. The van der Waals surface area contributed by atoms with Crippen LogP contribution in [0.3, 0.4) is 0 Å². The molecular formula is C12H17Cl3N2O. The lowest BCUT2D eigenvalue weighted by molar-refractivity contribution is -0.120. The summed E-state index contributed by atoms with van der Waals surface area (Å²) in [5.74, 6) is -0.0359. The van der Waals surface area contributed by atoms with E-state index < -0.39 is 0 Å². The molecule has 3 N–H and O–H groups in total. The first-order valence-corrected chi connectivity index (χ1v) is 6.29. The molecule has 0 aromatic heterocycles. The molecule has 0 heterocycles. The standard InChI is InChI=1S/C12H16Cl2N2O.ClH/c13-10-4-3-9(11(14)8-10)7-12(17)16-6-2-1-5-15;/h3-4,8H,1-2,5-7,15H2,(H,16,17);1H. The SMILES string of the molecule is Cl.NCCCCNC(=O)Cc1ccc(Cl)cc1Cl. The molecule has 0 radical (unpaired) electrons. The van der Waals surface area contributed by atoms with Gasteiger partial charge in [0.1, 0.15) is 0 Å². The molecule has 0 unspecified atom stereocenters. The quantitative estimate of drug-likeness (QED) is 0.794. The van der Waals surface area contributed by atoms with Crippen LogP contribution in [0, 0.1) is 0 Å². The normalized spacial score (nSPS) is 9.72. The zero-order valence-electron chi connectivity index (χ0n) is 9.92. The Morgan fingerprint density at radius 1 is 1.28 bits per heavy atom. The van der Waals surface area contributed by atoms with E-state index in [9.17, 15) is 4.79 Å². The topological polar surface area (TPSA) is 55.1 Å². The molecule has 1 aromatic carbocycles. The largest absolute Gasteiger partial charge is 0.356 e. The van der Waals surface area contributed by atoms with E-state index in [0.29, 0.717) is 23.1 Å². The van der Waals surface area contributed by atoms with Crippen molar-refractivity contribution in [3.05, 3.63) is 33.8 Å². The summed E-state index contributed by atoms with van der Waals surface area (Å²) in [6, 6.07) is 5.13. The lowest BCUT2D eigenvalue weighted by atomic mass is 10.1. The summed E-state index contributed by atoms with van der Waals surface area (Å²) >= 11 is 11.8. The number of hydrogen-bond donors (Lipinski definition) is 2. The minimum atomic E-state index is -0.0359. The summed E-state index contributed by atoms with van der Waals surface area (Å²) in [5.41, 5.74) is 6.14. The van der Waals surface area contributed by atoms with Crippen LogP contribution in [-0.4, -0.2) is 19.0 Å². The molecule has 18 heavy (non-hydrogen) atoms. The molecule has 0 aliphatic carbocycles. The van der Waals surface area contributed by atoms with E-state index in [0.717, 1.165) is 18.4 Å². The van der Waals surface area contributed by atoms with Crippen molar-refractivity contribution in [3.8, 4) is 0 Å². The summed E-state index contributed by atoms with van der Waals surface area (Å²) < 4.78 is 0. The van der Waals surface area contributed by atoms with E-state index in [1.165, 1.54) is 0 Å². The van der Waals surface area contributed by atoms with Crippen LogP contribution in [0.15, 0.2) is 18.2 Å². The smallest absolute Gasteiger partial charge is 0.224 e. The Labute approximate surface area is 123 Å². The van der Waals surface area contributed by atoms with E-state index in [1.807, 2.05) is 0 Å². The maximum atomic E-state index is 11.6. The average molecular weight is 312 g/mol. The van der Waals surface area contributed by atoms with Crippen molar-refractivity contribution in [1.29, 1.82) is 0 Å². The van der Waals surface area contributed by atoms with E-state index >= 15 is 0 Å². The first-order chi connectivity index (χ1) is 8.13. The van der Waals surface area contributed by atoms with Gasteiger partial charge >= 0.3 is 0 Å². The van der Waals surface area contributed by atoms with Gasteiger partial charge in [0.25, 0.3) is 0 Å². The first-order valence-electron chi connectivity index (χ1n) is 5.54. The zero-order chi connectivity index (χ0) is 12.7. The van der Waals surface area contributed by atoms with Gasteiger partial charge in [0.15, 0.2) is 0 Å². The third-order valence-corrected chi connectivity index (χ3v) is 2.91. The van der Waals surface area contributed by atoms with Crippen molar-refractivity contribution in [2.75, 3.05) is 13.1 Å². The predicted molar refractivity (Wildman–Crippen MR) is 78.7 cm³/mol. The Hall–Kier alpha value is -0.480. The van der Waals surface area contributed by atoms with Crippen LogP contribution in [0.4, 0.5) is 0 Å². The molecule has 0 atom stereocenters. The molecular weight excluding hydrogens is 295 g/mol. The number of carbonyl (C=O) groups is 1. The molecule has 0 saturated heterocycles. The summed E-state index contributed by atoms with van der Waals surface area (Å²) in [6.45, 7) is 1.31. The van der Waals surface area contributed by atoms with Crippen molar-refractivity contribution in [1.82, 2.24) is 5.32 Å². The van der Waals surface area contributed by atoms with Gasteiger partial charge in [-0.05, 0) is 37.1 Å². The maximum absolute atomic E-state index is 11.6. The van der Waals surface area contributed by atoms with Crippen LogP contribution in [-0.2, 0) is 11.2 Å². The van der Waals surface area contributed by atoms with E-state index in [4.69, 9.17) is 28.9 Å². The number of benzene rings is 1. The Morgan fingerprint density at radius 2 is 2.00 bits per heavy atom. The van der Waals surface area contributed by atoms with E-state index in [2.05, 4.69) is 5.32 Å². The highest BCUT2D eigenvalue weighted by atomic mass is 35.5. The van der Waals surface area contributed by atoms with Crippen LogP contribution < -0.4 is 11.1 Å². The average Bonchev–Trinajstić information content (AvgIpc) is 2.28. The fourth-order valence-electron chi connectivity index (χ4n) is 1.40. The number of nitrogens with two attached hydrogens (primary N) is 1. The molecule has 102 valence electrons. The van der Waals surface area contributed by atoms with Gasteiger partial charge in [-0.2, -0.15) is 0 Å². The number of halogens is 3. The second kappa shape index (κ2) is 9.45. The molecule has 0 saturated carbocycles. The van der Waals surface area contributed by atoms with Crippen molar-refractivity contribution >= 4 is 41.5 Å². The van der Waals surface area contributed by atoms with E-state index in [-0.39, 0.29) is 24.7 Å². The number of hydrogen-bond acceptors (Lipinski definition) is 2. The van der Waals surface area contributed by atoms with Gasteiger partial charge in [0, 0.05) is 16.6 Å². The number of rotatable bonds is 6. The van der Waals surface area contributed by atoms with Gasteiger partial charge in [0.2, 0.25) is 5.91 Å². The molecule has 1 amide bonds. The van der Waals surface area contributed by atoms with Crippen molar-refractivity contribution in [3.63, 3.8) is 0 Å². The Balaban J connectivity index is 0.00000289. The van der Waals surface area contributed by atoms with Crippen LogP contribution in [0.25, 0.3) is 0 Å². The Bertz CT molecular complexity index is 386. The second-order valence-corrected chi connectivity index (χ2v) is 4.60. The molecule has 6 heteroatoms. The highest BCUT2D eigenvalue weighted by Crippen LogP contribution is 2.21. The Morgan fingerprint density at radius 3 is 2.61 bits per heavy atom. The van der Waals surface area contributed by atoms with Crippen LogP contribution in [0.1, 0.15) is 18.4 Å². The van der Waals surface area contributed by atoms with Gasteiger partial charge in [-0.3, -0.25) is 4.79 Å². The first kappa shape index (κ1) is 17.5. The van der Waals surface area contributed by atoms with Gasteiger partial charge in [-0.1, -0.05) is 29.3 Å². The number of carbonyl (C=O) groups excluding carboxylic acids is 1. The highest BCUT2D eigenvalue weighted by Gasteiger charge is 2.06. The van der Waals surface area contributed by atoms with Gasteiger partial charge < -0.3 is 11.1 Å². The van der Waals surface area contributed by atoms with Crippen molar-refractivity contribution in [2.45, 2.75) is 19.3 Å². The number of nitrogens with one attached hydrogen (secondary N) is 1. The second-order valence-electron chi connectivity index (χ2n) is 3.76. The lowest BCUT2D eigenvalue weighted by Crippen LogP contribution is -2.26. The molecule has 0 spiro atoms. The van der Waals surface area contributed by atoms with Gasteiger partial charge in [-0.15, -0.1) is 12.4 Å². The maximum Gasteiger partial charge on any atom is 0.224 e. The third-order valence-electron chi connectivity index (χ3n) is 2.32. The molecule has 0 aliphatic heterocycles. The molecule has 1 rings (SSSR count). The third kappa shape index (κ3) is 6.45. The lowest BCUT2D eigenvalue weighted by Gasteiger charge is -2.06. The number of amides is 1. The highest BCUT2D eigenvalue weighted by molar-refractivity contribution is 6.35. The van der Waals surface area contributed by atoms with E-state index in [1.54, 1.807) is 18.2 Å². The Kier molecular flexibility index (Phi) is 9.20. The fourth-order valence-corrected chi connectivity index (χ4v) is 1.87. The van der Waals surface area contributed by atoms with Gasteiger partial charge in [0.05, 0.1) is 6.42 Å². The van der Waals surface area contributed by atoms with Crippen molar-refractivity contribution < 1.29 is 4.79 Å². The monoisotopic (exact) mass is 310 g/mol. The van der Waals surface area contributed by atoms with Crippen LogP contribution in [0.5, 0.6) is 0 Å². The van der Waals surface area contributed by atoms with Crippen LogP contribution >= 0.6 is 35.6 Å². The zero-order valence-corrected chi connectivity index (χ0v) is 12.2. The predicted octanol–water partition coefficient (Wildman–Crippen LogP) is 2.81. The van der Waals surface area contributed by atoms with Gasteiger partial charge in [-0.25, -0.2) is 0 Å². The summed E-state index contributed by atoms with van der Waals surface area (Å²) in [6.07, 6.45) is 2.09. The minimum Gasteiger partial charge on any atom is -0.356 e. The van der Waals surface area contributed by atoms with Crippen LogP contribution in [0.2, 0.25) is 10.0 Å². The van der Waals surface area contributed by atoms with Crippen molar-refractivity contribution in [2.24, 2.45) is 5.73 Å². The molecule has 1 aromatic rings. The summed E-state index contributed by atoms with van der Waals surface area (Å²) in [5, 5.41) is 3.92. The summed E-state index contributed by atoms with van der Waals surface area (Å²) in [7, 11) is 0. The minimum absolute atomic E-state index is 0. The summed E-state index contributed by atoms with van der Waals surface area (Å²) in [4.78, 5) is 11.6. The fraction of sp³-hybridized carbons (Fsp3) is 0.417. The molecule has 3 nitrogen and oxygen atoms in total.